The van der Waals surface area contributed by atoms with Gasteiger partial charge >= 0.3 is 0 Å². The van der Waals surface area contributed by atoms with Gasteiger partial charge in [-0.25, -0.2) is 0 Å². The largest absolute Gasteiger partial charge is 0.371 e. The van der Waals surface area contributed by atoms with Crippen molar-refractivity contribution in [1.82, 2.24) is 5.32 Å². The summed E-state index contributed by atoms with van der Waals surface area (Å²) in [6.45, 7) is 5.72. The fourth-order valence-corrected chi connectivity index (χ4v) is 2.95. The number of anilines is 1. The van der Waals surface area contributed by atoms with Crippen LogP contribution >= 0.6 is 11.6 Å². The highest BCUT2D eigenvalue weighted by Gasteiger charge is 2.24. The number of hydrogen-bond donors (Lipinski definition) is 2. The number of piperidine rings is 1. The summed E-state index contributed by atoms with van der Waals surface area (Å²) < 4.78 is 0. The van der Waals surface area contributed by atoms with Gasteiger partial charge in [0.1, 0.15) is 0 Å². The van der Waals surface area contributed by atoms with Crippen LogP contribution in [0.25, 0.3) is 0 Å². The predicted octanol–water partition coefficient (Wildman–Crippen LogP) is 2.54. The van der Waals surface area contributed by atoms with Gasteiger partial charge in [-0.2, -0.15) is 0 Å². The van der Waals surface area contributed by atoms with E-state index in [2.05, 4.69) is 23.2 Å². The van der Waals surface area contributed by atoms with Crippen molar-refractivity contribution < 1.29 is 4.79 Å². The van der Waals surface area contributed by atoms with Crippen LogP contribution in [0.3, 0.4) is 0 Å². The van der Waals surface area contributed by atoms with Crippen LogP contribution < -0.4 is 16.0 Å². The van der Waals surface area contributed by atoms with Crippen LogP contribution in [0, 0.1) is 5.92 Å². The normalized spacial score (nSPS) is 16.2. The molecule has 5 heteroatoms. The van der Waals surface area contributed by atoms with E-state index in [1.54, 1.807) is 0 Å². The topological polar surface area (TPSA) is 58.4 Å². The molecule has 3 N–H and O–H groups in total. The third kappa shape index (κ3) is 4.35. The Morgan fingerprint density at radius 1 is 1.43 bits per heavy atom. The van der Waals surface area contributed by atoms with Gasteiger partial charge in [0.25, 0.3) is 0 Å². The summed E-state index contributed by atoms with van der Waals surface area (Å²) in [5, 5.41) is 4.18. The van der Waals surface area contributed by atoms with Crippen molar-refractivity contribution in [2.45, 2.75) is 32.7 Å². The Bertz CT molecular complexity index is 484. The summed E-state index contributed by atoms with van der Waals surface area (Å²) in [7, 11) is 0. The number of benzene rings is 1. The van der Waals surface area contributed by atoms with E-state index >= 15 is 0 Å². The highest BCUT2D eigenvalue weighted by atomic mass is 35.5. The van der Waals surface area contributed by atoms with Crippen LogP contribution in [0.15, 0.2) is 18.2 Å². The molecule has 1 aliphatic heterocycles. The maximum Gasteiger partial charge on any atom is 0.220 e. The van der Waals surface area contributed by atoms with Crippen LogP contribution in [-0.4, -0.2) is 25.5 Å². The zero-order valence-corrected chi connectivity index (χ0v) is 13.3. The number of halogens is 1. The Morgan fingerprint density at radius 2 is 2.14 bits per heavy atom. The highest BCUT2D eigenvalue weighted by Crippen LogP contribution is 2.29. The molecule has 1 aromatic carbocycles. The molecule has 0 aliphatic carbocycles. The molecule has 0 spiro atoms. The second-order valence-electron chi connectivity index (χ2n) is 5.61. The Hall–Kier alpha value is -1.26. The summed E-state index contributed by atoms with van der Waals surface area (Å²) in [5.74, 6) is -0.160. The van der Waals surface area contributed by atoms with E-state index in [0.29, 0.717) is 0 Å². The Morgan fingerprint density at radius 3 is 2.76 bits per heavy atom. The number of hydrogen-bond acceptors (Lipinski definition) is 3. The number of nitrogens with zero attached hydrogens (tertiary/aromatic N) is 1. The van der Waals surface area contributed by atoms with Crippen LogP contribution in [-0.2, 0) is 11.3 Å². The van der Waals surface area contributed by atoms with Crippen molar-refractivity contribution in [3.63, 3.8) is 0 Å². The minimum Gasteiger partial charge on any atom is -0.371 e. The Kier molecular flexibility index (Phi) is 5.88. The van der Waals surface area contributed by atoms with Crippen molar-refractivity contribution in [2.24, 2.45) is 11.7 Å². The molecule has 0 unspecified atom stereocenters. The van der Waals surface area contributed by atoms with Crippen molar-refractivity contribution in [2.75, 3.05) is 24.5 Å². The van der Waals surface area contributed by atoms with E-state index in [9.17, 15) is 4.79 Å². The standard InChI is InChI=1S/C16H24ClN3O/c1-2-7-19-11-13-3-4-14(17)10-15(13)20-8-5-12(6-9-20)16(18)21/h3-4,10,12,19H,2,5-9,11H2,1H3,(H2,18,21). The second kappa shape index (κ2) is 7.66. The van der Waals surface area contributed by atoms with E-state index in [1.165, 1.54) is 11.3 Å². The van der Waals surface area contributed by atoms with Crippen LogP contribution in [0.2, 0.25) is 5.02 Å². The first-order chi connectivity index (χ1) is 10.1. The molecule has 1 amide bonds. The molecular formula is C16H24ClN3O. The van der Waals surface area contributed by atoms with Gasteiger partial charge in [0.15, 0.2) is 0 Å². The lowest BCUT2D eigenvalue weighted by Crippen LogP contribution is -2.39. The number of carbonyl (C=O) groups excluding carboxylic acids is 1. The Labute approximate surface area is 131 Å². The van der Waals surface area contributed by atoms with Gasteiger partial charge in [0, 0.05) is 36.3 Å². The first kappa shape index (κ1) is 16.1. The lowest BCUT2D eigenvalue weighted by Gasteiger charge is -2.34. The number of nitrogens with two attached hydrogens (primary N) is 1. The molecule has 0 atom stereocenters. The summed E-state index contributed by atoms with van der Waals surface area (Å²) in [6, 6.07) is 6.04. The van der Waals surface area contributed by atoms with Crippen molar-refractivity contribution in [1.29, 1.82) is 0 Å². The summed E-state index contributed by atoms with van der Waals surface area (Å²) in [5.41, 5.74) is 7.83. The average molecular weight is 310 g/mol. The van der Waals surface area contributed by atoms with E-state index in [0.717, 1.165) is 50.5 Å². The molecule has 0 bridgehead atoms. The van der Waals surface area contributed by atoms with Gasteiger partial charge in [0.2, 0.25) is 5.91 Å². The second-order valence-corrected chi connectivity index (χ2v) is 6.05. The molecule has 0 aromatic heterocycles. The summed E-state index contributed by atoms with van der Waals surface area (Å²) >= 11 is 6.16. The van der Waals surface area contributed by atoms with Crippen molar-refractivity contribution in [3.05, 3.63) is 28.8 Å². The van der Waals surface area contributed by atoms with E-state index < -0.39 is 0 Å². The molecule has 116 valence electrons. The van der Waals surface area contributed by atoms with Crippen LogP contribution in [0.4, 0.5) is 5.69 Å². The zero-order valence-electron chi connectivity index (χ0n) is 12.6. The van der Waals surface area contributed by atoms with Gasteiger partial charge in [-0.3, -0.25) is 4.79 Å². The molecule has 4 nitrogen and oxygen atoms in total. The van der Waals surface area contributed by atoms with Crippen LogP contribution in [0.1, 0.15) is 31.7 Å². The van der Waals surface area contributed by atoms with E-state index in [-0.39, 0.29) is 11.8 Å². The quantitative estimate of drug-likeness (QED) is 0.794. The van der Waals surface area contributed by atoms with E-state index in [4.69, 9.17) is 17.3 Å². The number of nitrogens with one attached hydrogen (secondary N) is 1. The molecule has 2 rings (SSSR count). The Balaban J connectivity index is 2.07. The number of rotatable bonds is 6. The molecule has 1 aromatic rings. The first-order valence-corrected chi connectivity index (χ1v) is 8.03. The number of amides is 1. The molecule has 1 saturated heterocycles. The first-order valence-electron chi connectivity index (χ1n) is 7.65. The molecule has 0 radical (unpaired) electrons. The van der Waals surface area contributed by atoms with Crippen molar-refractivity contribution >= 4 is 23.2 Å². The van der Waals surface area contributed by atoms with Crippen LogP contribution in [0.5, 0.6) is 0 Å². The number of primary amides is 1. The zero-order chi connectivity index (χ0) is 15.2. The lowest BCUT2D eigenvalue weighted by atomic mass is 9.95. The minimum absolute atomic E-state index is 0.0158. The SMILES string of the molecule is CCCNCc1ccc(Cl)cc1N1CCC(C(N)=O)CC1. The van der Waals surface area contributed by atoms with Gasteiger partial charge < -0.3 is 16.0 Å². The third-order valence-electron chi connectivity index (χ3n) is 4.03. The minimum atomic E-state index is -0.175. The molecule has 1 aliphatic rings. The fraction of sp³-hybridized carbons (Fsp3) is 0.562. The van der Waals surface area contributed by atoms with Gasteiger partial charge in [-0.1, -0.05) is 24.6 Å². The molecule has 0 saturated carbocycles. The monoisotopic (exact) mass is 309 g/mol. The summed E-state index contributed by atoms with van der Waals surface area (Å²) in [6.07, 6.45) is 2.76. The average Bonchev–Trinajstić information content (AvgIpc) is 2.49. The maximum absolute atomic E-state index is 11.3. The van der Waals surface area contributed by atoms with Crippen molar-refractivity contribution in [3.8, 4) is 0 Å². The highest BCUT2D eigenvalue weighted by molar-refractivity contribution is 6.30. The van der Waals surface area contributed by atoms with Gasteiger partial charge in [0.05, 0.1) is 0 Å². The molecule has 21 heavy (non-hydrogen) atoms. The maximum atomic E-state index is 11.3. The third-order valence-corrected chi connectivity index (χ3v) is 4.26. The smallest absolute Gasteiger partial charge is 0.220 e. The lowest BCUT2D eigenvalue weighted by molar-refractivity contribution is -0.122. The molecule has 1 heterocycles. The summed E-state index contributed by atoms with van der Waals surface area (Å²) in [4.78, 5) is 13.6. The number of carbonyl (C=O) groups is 1. The molecular weight excluding hydrogens is 286 g/mol. The molecule has 1 fully saturated rings. The van der Waals surface area contributed by atoms with Gasteiger partial charge in [-0.15, -0.1) is 0 Å². The van der Waals surface area contributed by atoms with E-state index in [1.807, 2.05) is 12.1 Å². The predicted molar refractivity (Wildman–Crippen MR) is 87.6 cm³/mol. The fourth-order valence-electron chi connectivity index (χ4n) is 2.79. The van der Waals surface area contributed by atoms with Gasteiger partial charge in [-0.05, 0) is 43.5 Å².